The molecule has 0 aliphatic heterocycles. The molecule has 0 saturated heterocycles. The molecule has 0 aliphatic carbocycles. The van der Waals surface area contributed by atoms with Gasteiger partial charge in [0.1, 0.15) is 5.75 Å². The van der Waals surface area contributed by atoms with Crippen LogP contribution in [-0.2, 0) is 17.7 Å². The van der Waals surface area contributed by atoms with Gasteiger partial charge in [0.25, 0.3) is 0 Å². The maximum atomic E-state index is 11.7. The summed E-state index contributed by atoms with van der Waals surface area (Å²) in [7, 11) is 2.98. The van der Waals surface area contributed by atoms with E-state index in [9.17, 15) is 4.79 Å². The molecule has 0 N–H and O–H groups in total. The third-order valence-electron chi connectivity index (χ3n) is 3.17. The van der Waals surface area contributed by atoms with Crippen LogP contribution in [0.2, 0.25) is 0 Å². The zero-order valence-electron chi connectivity index (χ0n) is 12.5. The molecule has 0 spiro atoms. The third-order valence-corrected chi connectivity index (χ3v) is 3.17. The molecular weight excluding hydrogens is 270 g/mol. The number of esters is 1. The van der Waals surface area contributed by atoms with Crippen molar-refractivity contribution in [3.05, 3.63) is 41.2 Å². The number of hydrogen-bond donors (Lipinski definition) is 0. The molecule has 0 bridgehead atoms. The summed E-state index contributed by atoms with van der Waals surface area (Å²) in [6.45, 7) is 2.58. The van der Waals surface area contributed by atoms with Crippen molar-refractivity contribution in [3.8, 4) is 5.75 Å². The Kier molecular flexibility index (Phi) is 4.92. The van der Waals surface area contributed by atoms with Gasteiger partial charge in [0.05, 0.1) is 26.5 Å². The van der Waals surface area contributed by atoms with Crippen molar-refractivity contribution in [3.63, 3.8) is 0 Å². The number of aromatic nitrogens is 3. The first-order valence-corrected chi connectivity index (χ1v) is 6.83. The minimum atomic E-state index is -0.449. The van der Waals surface area contributed by atoms with Crippen LogP contribution in [0.3, 0.4) is 0 Å². The molecule has 112 valence electrons. The van der Waals surface area contributed by atoms with Gasteiger partial charge in [-0.3, -0.25) is 0 Å². The number of methoxy groups -OCH3 is 2. The molecule has 0 amide bonds. The topological polar surface area (TPSA) is 66.2 Å². The molecule has 2 aromatic rings. The molecule has 0 aliphatic rings. The van der Waals surface area contributed by atoms with Gasteiger partial charge in [0, 0.05) is 0 Å². The fourth-order valence-electron chi connectivity index (χ4n) is 2.14. The van der Waals surface area contributed by atoms with Crippen LogP contribution >= 0.6 is 0 Å². The molecule has 1 heterocycles. The molecule has 0 saturated carbocycles. The van der Waals surface area contributed by atoms with Gasteiger partial charge in [0.15, 0.2) is 5.69 Å². The van der Waals surface area contributed by atoms with Crippen molar-refractivity contribution in [2.24, 2.45) is 0 Å². The summed E-state index contributed by atoms with van der Waals surface area (Å²) in [4.78, 5) is 11.7. The van der Waals surface area contributed by atoms with Crippen LogP contribution in [0.5, 0.6) is 5.75 Å². The summed E-state index contributed by atoms with van der Waals surface area (Å²) < 4.78 is 11.7. The second kappa shape index (κ2) is 6.88. The largest absolute Gasteiger partial charge is 0.497 e. The first kappa shape index (κ1) is 15.0. The minimum Gasteiger partial charge on any atom is -0.497 e. The summed E-state index contributed by atoms with van der Waals surface area (Å²) >= 11 is 0. The van der Waals surface area contributed by atoms with Gasteiger partial charge >= 0.3 is 5.97 Å². The summed E-state index contributed by atoms with van der Waals surface area (Å²) in [6, 6.07) is 7.73. The molecule has 6 nitrogen and oxygen atoms in total. The van der Waals surface area contributed by atoms with Crippen LogP contribution in [0.25, 0.3) is 0 Å². The number of nitrogens with zero attached hydrogens (tertiary/aromatic N) is 3. The highest BCUT2D eigenvalue weighted by Crippen LogP contribution is 2.16. The van der Waals surface area contributed by atoms with E-state index in [1.807, 2.05) is 31.2 Å². The average molecular weight is 289 g/mol. The number of hydrogen-bond acceptors (Lipinski definition) is 5. The smallest absolute Gasteiger partial charge is 0.360 e. The van der Waals surface area contributed by atoms with E-state index in [4.69, 9.17) is 9.47 Å². The van der Waals surface area contributed by atoms with Gasteiger partial charge in [-0.1, -0.05) is 30.7 Å². The summed E-state index contributed by atoms with van der Waals surface area (Å²) in [5, 5.41) is 8.03. The van der Waals surface area contributed by atoms with Gasteiger partial charge in [-0.2, -0.15) is 0 Å². The van der Waals surface area contributed by atoms with Gasteiger partial charge < -0.3 is 9.47 Å². The average Bonchev–Trinajstić information content (AvgIpc) is 2.90. The van der Waals surface area contributed by atoms with Crippen LogP contribution in [0.1, 0.15) is 35.1 Å². The number of carbonyl (C=O) groups excluding carboxylic acids is 1. The van der Waals surface area contributed by atoms with Crippen molar-refractivity contribution in [2.45, 2.75) is 26.3 Å². The quantitative estimate of drug-likeness (QED) is 0.762. The van der Waals surface area contributed by atoms with E-state index < -0.39 is 5.97 Å². The molecule has 0 atom stereocenters. The van der Waals surface area contributed by atoms with Gasteiger partial charge in [-0.05, 0) is 24.1 Å². The van der Waals surface area contributed by atoms with E-state index in [0.717, 1.165) is 29.8 Å². The summed E-state index contributed by atoms with van der Waals surface area (Å²) in [6.07, 6.45) is 1.62. The normalized spacial score (nSPS) is 10.4. The van der Waals surface area contributed by atoms with Crippen molar-refractivity contribution >= 4 is 5.97 Å². The lowest BCUT2D eigenvalue weighted by molar-refractivity contribution is 0.0592. The van der Waals surface area contributed by atoms with Gasteiger partial charge in [0.2, 0.25) is 0 Å². The van der Waals surface area contributed by atoms with Crippen molar-refractivity contribution < 1.29 is 14.3 Å². The highest BCUT2D eigenvalue weighted by Gasteiger charge is 2.19. The van der Waals surface area contributed by atoms with E-state index in [1.54, 1.807) is 11.8 Å². The Bertz CT molecular complexity index is 622. The van der Waals surface area contributed by atoms with Crippen LogP contribution in [0.15, 0.2) is 24.3 Å². The number of benzene rings is 1. The van der Waals surface area contributed by atoms with Gasteiger partial charge in [-0.15, -0.1) is 5.10 Å². The second-order valence-electron chi connectivity index (χ2n) is 4.64. The standard InChI is InChI=1S/C15H19N3O3/c1-4-6-13-14(15(19)21-3)16-17-18(13)10-11-7-5-8-12(9-11)20-2/h5,7-9H,4,6,10H2,1-3H3. The molecule has 0 unspecified atom stereocenters. The zero-order chi connectivity index (χ0) is 15.2. The second-order valence-corrected chi connectivity index (χ2v) is 4.64. The van der Waals surface area contributed by atoms with E-state index in [0.29, 0.717) is 12.2 Å². The molecular formula is C15H19N3O3. The molecule has 0 fully saturated rings. The summed E-state index contributed by atoms with van der Waals surface area (Å²) in [5.74, 6) is 0.341. The van der Waals surface area contributed by atoms with Crippen molar-refractivity contribution in [2.75, 3.05) is 14.2 Å². The molecule has 2 rings (SSSR count). The third kappa shape index (κ3) is 3.39. The van der Waals surface area contributed by atoms with E-state index >= 15 is 0 Å². The maximum Gasteiger partial charge on any atom is 0.360 e. The lowest BCUT2D eigenvalue weighted by Gasteiger charge is -2.08. The van der Waals surface area contributed by atoms with Crippen LogP contribution in [0, 0.1) is 0 Å². The lowest BCUT2D eigenvalue weighted by atomic mass is 10.2. The Morgan fingerprint density at radius 2 is 2.14 bits per heavy atom. The number of rotatable bonds is 6. The van der Waals surface area contributed by atoms with Crippen molar-refractivity contribution in [1.29, 1.82) is 0 Å². The Balaban J connectivity index is 2.30. The predicted molar refractivity (Wildman–Crippen MR) is 77.5 cm³/mol. The van der Waals surface area contributed by atoms with Crippen LogP contribution in [0.4, 0.5) is 0 Å². The monoisotopic (exact) mass is 289 g/mol. The Labute approximate surface area is 123 Å². The highest BCUT2D eigenvalue weighted by molar-refractivity contribution is 5.88. The lowest BCUT2D eigenvalue weighted by Crippen LogP contribution is -2.10. The zero-order valence-corrected chi connectivity index (χ0v) is 12.5. The molecule has 0 radical (unpaired) electrons. The molecule has 6 heteroatoms. The number of ether oxygens (including phenoxy) is 2. The van der Waals surface area contributed by atoms with E-state index in [2.05, 4.69) is 10.3 Å². The fourth-order valence-corrected chi connectivity index (χ4v) is 2.14. The van der Waals surface area contributed by atoms with Gasteiger partial charge in [-0.25, -0.2) is 9.48 Å². The van der Waals surface area contributed by atoms with E-state index in [1.165, 1.54) is 7.11 Å². The van der Waals surface area contributed by atoms with E-state index in [-0.39, 0.29) is 0 Å². The minimum absolute atomic E-state index is 0.294. The molecule has 1 aromatic carbocycles. The number of carbonyl (C=O) groups is 1. The predicted octanol–water partition coefficient (Wildman–Crippen LogP) is 2.07. The van der Waals surface area contributed by atoms with Crippen LogP contribution < -0.4 is 4.74 Å². The molecule has 21 heavy (non-hydrogen) atoms. The fraction of sp³-hybridized carbons (Fsp3) is 0.400. The Hall–Kier alpha value is -2.37. The Morgan fingerprint density at radius 1 is 1.33 bits per heavy atom. The Morgan fingerprint density at radius 3 is 2.81 bits per heavy atom. The maximum absolute atomic E-state index is 11.7. The first-order valence-electron chi connectivity index (χ1n) is 6.83. The molecule has 1 aromatic heterocycles. The highest BCUT2D eigenvalue weighted by atomic mass is 16.5. The first-order chi connectivity index (χ1) is 10.2. The SMILES string of the molecule is CCCc1c(C(=O)OC)nnn1Cc1cccc(OC)c1. The van der Waals surface area contributed by atoms with Crippen molar-refractivity contribution in [1.82, 2.24) is 15.0 Å². The van der Waals surface area contributed by atoms with Crippen LogP contribution in [-0.4, -0.2) is 35.2 Å². The summed E-state index contributed by atoms with van der Waals surface area (Å²) in [5.41, 5.74) is 2.13.